The summed E-state index contributed by atoms with van der Waals surface area (Å²) in [6.07, 6.45) is 0.428. The molecule has 0 radical (unpaired) electrons. The van der Waals surface area contributed by atoms with Crippen LogP contribution in [0.1, 0.15) is 18.7 Å². The van der Waals surface area contributed by atoms with Crippen LogP contribution in [0.3, 0.4) is 0 Å². The monoisotopic (exact) mass is 427 g/mol. The Balaban J connectivity index is 1.49. The van der Waals surface area contributed by atoms with Gasteiger partial charge in [0.2, 0.25) is 17.6 Å². The molecule has 3 aromatic rings. The average molecular weight is 428 g/mol. The number of hydrazone groups is 1. The lowest BCUT2D eigenvalue weighted by Gasteiger charge is -2.21. The quantitative estimate of drug-likeness (QED) is 0.671. The summed E-state index contributed by atoms with van der Waals surface area (Å²) in [7, 11) is 0. The van der Waals surface area contributed by atoms with Gasteiger partial charge in [-0.2, -0.15) is 10.1 Å². The first-order valence-electron chi connectivity index (χ1n) is 9.02. The van der Waals surface area contributed by atoms with Crippen LogP contribution in [0, 0.1) is 5.82 Å². The number of halogens is 2. The van der Waals surface area contributed by atoms with Gasteiger partial charge in [-0.3, -0.25) is 9.59 Å². The third-order valence-electron chi connectivity index (χ3n) is 4.31. The van der Waals surface area contributed by atoms with Gasteiger partial charge in [0.05, 0.1) is 5.69 Å². The minimum Gasteiger partial charge on any atom is -0.332 e. The van der Waals surface area contributed by atoms with Crippen molar-refractivity contribution in [3.63, 3.8) is 0 Å². The number of aromatic nitrogens is 2. The molecule has 1 N–H and O–H groups in total. The van der Waals surface area contributed by atoms with Crippen molar-refractivity contribution < 1.29 is 18.5 Å². The van der Waals surface area contributed by atoms with E-state index in [9.17, 15) is 14.0 Å². The van der Waals surface area contributed by atoms with E-state index in [1.807, 2.05) is 30.3 Å². The minimum atomic E-state index is -0.638. The molecule has 30 heavy (non-hydrogen) atoms. The van der Waals surface area contributed by atoms with E-state index in [1.165, 1.54) is 12.1 Å². The number of rotatable bonds is 5. The van der Waals surface area contributed by atoms with E-state index in [0.717, 1.165) is 16.6 Å². The second kappa shape index (κ2) is 8.42. The summed E-state index contributed by atoms with van der Waals surface area (Å²) in [6, 6.07) is 13.0. The number of nitrogens with zero attached hydrogens (tertiary/aromatic N) is 4. The van der Waals surface area contributed by atoms with Gasteiger partial charge in [-0.15, -0.1) is 0 Å². The average Bonchev–Trinajstić information content (AvgIpc) is 3.23. The smallest absolute Gasteiger partial charge is 0.274 e. The van der Waals surface area contributed by atoms with Crippen molar-refractivity contribution in [1.29, 1.82) is 0 Å². The largest absolute Gasteiger partial charge is 0.332 e. The molecule has 10 heteroatoms. The van der Waals surface area contributed by atoms with E-state index in [-0.39, 0.29) is 28.9 Å². The van der Waals surface area contributed by atoms with Crippen molar-refractivity contribution >= 4 is 34.8 Å². The molecule has 1 aliphatic heterocycles. The number of amides is 2. The lowest BCUT2D eigenvalue weighted by molar-refractivity contribution is -0.135. The fraction of sp³-hybridized carbons (Fsp3) is 0.150. The molecule has 2 heterocycles. The molecule has 0 aliphatic carbocycles. The maximum Gasteiger partial charge on any atom is 0.274 e. The highest BCUT2D eigenvalue weighted by Gasteiger charge is 2.26. The highest BCUT2D eigenvalue weighted by Crippen LogP contribution is 2.21. The molecule has 2 aromatic carbocycles. The van der Waals surface area contributed by atoms with Crippen molar-refractivity contribution in [2.45, 2.75) is 12.8 Å². The molecule has 0 spiro atoms. The van der Waals surface area contributed by atoms with Gasteiger partial charge < -0.3 is 9.84 Å². The summed E-state index contributed by atoms with van der Waals surface area (Å²) in [6.45, 7) is -0.395. The first-order chi connectivity index (χ1) is 14.5. The first kappa shape index (κ1) is 19.7. The summed E-state index contributed by atoms with van der Waals surface area (Å²) in [5.74, 6) is -1.03. The first-order valence-corrected chi connectivity index (χ1v) is 9.39. The number of hydrogen-bond donors (Lipinski definition) is 1. The molecular formula is C20H15ClFN5O3. The number of carbonyl (C=O) groups excluding carboxylic acids is 2. The van der Waals surface area contributed by atoms with Crippen LogP contribution in [0.2, 0.25) is 5.02 Å². The Morgan fingerprint density at radius 3 is 2.80 bits per heavy atom. The standard InChI is InChI=1S/C20H15ClFN5O3/c21-13-6-7-14(22)16(10-13)23-17(28)11-27-18(29)9-8-15(25-27)20-24-19(26-30-20)12-4-2-1-3-5-12/h1-7,10H,8-9,11H2,(H,23,28). The second-order valence-electron chi connectivity index (χ2n) is 6.46. The fourth-order valence-corrected chi connectivity index (χ4v) is 3.02. The number of benzene rings is 2. The van der Waals surface area contributed by atoms with Crippen LogP contribution in [0.4, 0.5) is 10.1 Å². The second-order valence-corrected chi connectivity index (χ2v) is 6.90. The Bertz CT molecular complexity index is 1130. The minimum absolute atomic E-state index is 0.0782. The molecule has 8 nitrogen and oxygen atoms in total. The van der Waals surface area contributed by atoms with Gasteiger partial charge in [-0.25, -0.2) is 9.40 Å². The van der Waals surface area contributed by atoms with Gasteiger partial charge in [0.15, 0.2) is 0 Å². The zero-order chi connectivity index (χ0) is 21.1. The Hall–Kier alpha value is -3.59. The summed E-state index contributed by atoms with van der Waals surface area (Å²) < 4.78 is 19.1. The van der Waals surface area contributed by atoms with Crippen molar-refractivity contribution in [2.75, 3.05) is 11.9 Å². The molecule has 0 saturated carbocycles. The zero-order valence-electron chi connectivity index (χ0n) is 15.5. The lowest BCUT2D eigenvalue weighted by atomic mass is 10.1. The van der Waals surface area contributed by atoms with E-state index in [2.05, 4.69) is 20.6 Å². The van der Waals surface area contributed by atoms with Crippen LogP contribution in [0.5, 0.6) is 0 Å². The maximum absolute atomic E-state index is 13.8. The van der Waals surface area contributed by atoms with Gasteiger partial charge in [-0.1, -0.05) is 47.1 Å². The molecule has 4 rings (SSSR count). The Morgan fingerprint density at radius 2 is 2.00 bits per heavy atom. The molecule has 0 unspecified atom stereocenters. The summed E-state index contributed by atoms with van der Waals surface area (Å²) in [5.41, 5.74) is 1.09. The van der Waals surface area contributed by atoms with Gasteiger partial charge in [0.1, 0.15) is 18.1 Å². The zero-order valence-corrected chi connectivity index (χ0v) is 16.3. The normalized spacial score (nSPS) is 13.9. The number of nitrogens with one attached hydrogen (secondary N) is 1. The summed E-state index contributed by atoms with van der Waals surface area (Å²) >= 11 is 5.82. The van der Waals surface area contributed by atoms with E-state index < -0.39 is 18.3 Å². The van der Waals surface area contributed by atoms with Crippen molar-refractivity contribution in [3.8, 4) is 11.4 Å². The predicted molar refractivity (Wildman–Crippen MR) is 107 cm³/mol. The number of carbonyl (C=O) groups is 2. The van der Waals surface area contributed by atoms with Crippen molar-refractivity contribution in [3.05, 3.63) is 65.3 Å². The molecule has 0 saturated heterocycles. The van der Waals surface area contributed by atoms with Crippen molar-refractivity contribution in [1.82, 2.24) is 15.1 Å². The Morgan fingerprint density at radius 1 is 1.20 bits per heavy atom. The summed E-state index contributed by atoms with van der Waals surface area (Å²) in [4.78, 5) is 28.8. The molecule has 0 bridgehead atoms. The van der Waals surface area contributed by atoms with Crippen LogP contribution in [-0.4, -0.2) is 39.2 Å². The fourth-order valence-electron chi connectivity index (χ4n) is 2.84. The SMILES string of the molecule is O=C(CN1N=C(c2nc(-c3ccccc3)no2)CCC1=O)Nc1cc(Cl)ccc1F. The Kier molecular flexibility index (Phi) is 5.53. The van der Waals surface area contributed by atoms with E-state index in [4.69, 9.17) is 16.1 Å². The van der Waals surface area contributed by atoms with Gasteiger partial charge in [0.25, 0.3) is 5.89 Å². The molecule has 1 aromatic heterocycles. The van der Waals surface area contributed by atoms with Crippen LogP contribution < -0.4 is 5.32 Å². The summed E-state index contributed by atoms with van der Waals surface area (Å²) in [5, 5.41) is 11.8. The van der Waals surface area contributed by atoms with Crippen molar-refractivity contribution in [2.24, 2.45) is 5.10 Å². The molecule has 1 aliphatic rings. The van der Waals surface area contributed by atoms with Gasteiger partial charge in [-0.05, 0) is 18.2 Å². The van der Waals surface area contributed by atoms with E-state index in [1.54, 1.807) is 0 Å². The number of anilines is 1. The van der Waals surface area contributed by atoms with Crippen LogP contribution in [-0.2, 0) is 9.59 Å². The van der Waals surface area contributed by atoms with Gasteiger partial charge in [0, 0.05) is 23.4 Å². The third kappa shape index (κ3) is 4.36. The lowest BCUT2D eigenvalue weighted by Crippen LogP contribution is -2.38. The maximum atomic E-state index is 13.8. The third-order valence-corrected chi connectivity index (χ3v) is 4.54. The highest BCUT2D eigenvalue weighted by molar-refractivity contribution is 6.30. The molecule has 2 amide bonds. The van der Waals surface area contributed by atoms with Crippen LogP contribution in [0.25, 0.3) is 11.4 Å². The topological polar surface area (TPSA) is 101 Å². The van der Waals surface area contributed by atoms with Crippen LogP contribution in [0.15, 0.2) is 58.2 Å². The van der Waals surface area contributed by atoms with Crippen LogP contribution >= 0.6 is 11.6 Å². The predicted octanol–water partition coefficient (Wildman–Crippen LogP) is 3.49. The Labute approximate surface area is 175 Å². The molecular weight excluding hydrogens is 413 g/mol. The number of hydrogen-bond acceptors (Lipinski definition) is 6. The molecule has 0 fully saturated rings. The molecule has 0 atom stereocenters. The highest BCUT2D eigenvalue weighted by atomic mass is 35.5. The van der Waals surface area contributed by atoms with Gasteiger partial charge >= 0.3 is 0 Å². The molecule has 152 valence electrons. The van der Waals surface area contributed by atoms with E-state index >= 15 is 0 Å². The van der Waals surface area contributed by atoms with E-state index in [0.29, 0.717) is 18.0 Å².